The number of carbonyl (C=O) groups is 1. The summed E-state index contributed by atoms with van der Waals surface area (Å²) in [6.45, 7) is 7.33. The van der Waals surface area contributed by atoms with E-state index in [0.717, 1.165) is 45.6 Å². The first-order valence-electron chi connectivity index (χ1n) is 8.19. The largest absolute Gasteiger partial charge is 0.472 e. The molecule has 2 saturated heterocycles. The molecule has 0 aromatic carbocycles. The molecule has 22 heavy (non-hydrogen) atoms. The minimum absolute atomic E-state index is 0.0357. The van der Waals surface area contributed by atoms with Gasteiger partial charge in [-0.1, -0.05) is 0 Å². The first-order chi connectivity index (χ1) is 10.7. The Morgan fingerprint density at radius 2 is 2.18 bits per heavy atom. The van der Waals surface area contributed by atoms with Crippen molar-refractivity contribution in [1.29, 1.82) is 0 Å². The van der Waals surface area contributed by atoms with Gasteiger partial charge in [0.25, 0.3) is 0 Å². The Bertz CT molecular complexity index is 492. The van der Waals surface area contributed by atoms with Crippen LogP contribution in [-0.2, 0) is 16.1 Å². The number of nitrogens with zero attached hydrogens (tertiary/aromatic N) is 2. The van der Waals surface area contributed by atoms with E-state index in [9.17, 15) is 4.79 Å². The summed E-state index contributed by atoms with van der Waals surface area (Å²) in [5.74, 6) is 0.321. The predicted octanol–water partition coefficient (Wildman–Crippen LogP) is 1.99. The molecule has 5 heteroatoms. The molecule has 1 spiro atoms. The molecule has 0 radical (unpaired) electrons. The Kier molecular flexibility index (Phi) is 4.54. The number of carbonyl (C=O) groups excluding carboxylic acids is 1. The van der Waals surface area contributed by atoms with Crippen LogP contribution < -0.4 is 0 Å². The molecule has 2 fully saturated rings. The van der Waals surface area contributed by atoms with E-state index in [1.807, 2.05) is 17.2 Å². The molecule has 1 atom stereocenters. The van der Waals surface area contributed by atoms with Crippen LogP contribution in [0.4, 0.5) is 0 Å². The zero-order valence-electron chi connectivity index (χ0n) is 13.6. The maximum absolute atomic E-state index is 12.6. The van der Waals surface area contributed by atoms with Crippen molar-refractivity contribution < 1.29 is 13.9 Å². The number of ether oxygens (including phenoxy) is 1. The van der Waals surface area contributed by atoms with Crippen molar-refractivity contribution in [3.63, 3.8) is 0 Å². The number of hydrogen-bond donors (Lipinski definition) is 0. The van der Waals surface area contributed by atoms with Crippen molar-refractivity contribution in [2.45, 2.75) is 26.3 Å². The number of hydrogen-bond acceptors (Lipinski definition) is 4. The Hall–Kier alpha value is -1.33. The highest BCUT2D eigenvalue weighted by Crippen LogP contribution is 2.45. The number of furan rings is 1. The third kappa shape index (κ3) is 2.79. The topological polar surface area (TPSA) is 45.9 Å². The summed E-state index contributed by atoms with van der Waals surface area (Å²) < 4.78 is 10.5. The Balaban J connectivity index is 1.65. The van der Waals surface area contributed by atoms with Gasteiger partial charge in [-0.15, -0.1) is 0 Å². The standard InChI is InChI=1S/C17H26N2O3/c1-3-19-13-17(15(12-21-2)16(19)20)5-7-18(8-6-17)10-14-4-9-22-11-14/h4,9,11,15H,3,5-8,10,12-13H2,1-2H3/t15-/m1/s1. The first kappa shape index (κ1) is 15.6. The molecule has 0 unspecified atom stereocenters. The van der Waals surface area contributed by atoms with Crippen molar-refractivity contribution >= 4 is 5.91 Å². The van der Waals surface area contributed by atoms with Gasteiger partial charge in [-0.3, -0.25) is 9.69 Å². The lowest BCUT2D eigenvalue weighted by molar-refractivity contribution is -0.133. The molecule has 0 saturated carbocycles. The molecule has 1 aromatic rings. The second kappa shape index (κ2) is 6.42. The van der Waals surface area contributed by atoms with Crippen molar-refractivity contribution in [3.8, 4) is 0 Å². The fourth-order valence-corrected chi connectivity index (χ4v) is 4.04. The van der Waals surface area contributed by atoms with Gasteiger partial charge >= 0.3 is 0 Å². The van der Waals surface area contributed by atoms with Gasteiger partial charge in [0.2, 0.25) is 5.91 Å². The summed E-state index contributed by atoms with van der Waals surface area (Å²) in [5, 5.41) is 0. The number of rotatable bonds is 5. The highest BCUT2D eigenvalue weighted by atomic mass is 16.5. The van der Waals surface area contributed by atoms with E-state index in [4.69, 9.17) is 9.15 Å². The highest BCUT2D eigenvalue weighted by molar-refractivity contribution is 5.82. The van der Waals surface area contributed by atoms with Crippen LogP contribution in [0.1, 0.15) is 25.3 Å². The smallest absolute Gasteiger partial charge is 0.228 e. The molecule has 2 aliphatic rings. The second-order valence-electron chi connectivity index (χ2n) is 6.63. The fourth-order valence-electron chi connectivity index (χ4n) is 4.04. The zero-order chi connectivity index (χ0) is 15.6. The number of likely N-dealkylation sites (tertiary alicyclic amines) is 2. The van der Waals surface area contributed by atoms with E-state index in [-0.39, 0.29) is 17.2 Å². The lowest BCUT2D eigenvalue weighted by Crippen LogP contribution is -2.45. The van der Waals surface area contributed by atoms with Crippen LogP contribution in [0.15, 0.2) is 23.0 Å². The van der Waals surface area contributed by atoms with Gasteiger partial charge in [0, 0.05) is 37.7 Å². The van der Waals surface area contributed by atoms with Crippen LogP contribution in [0.3, 0.4) is 0 Å². The Morgan fingerprint density at radius 1 is 1.41 bits per heavy atom. The van der Waals surface area contributed by atoms with Crippen molar-refractivity contribution in [2.24, 2.45) is 11.3 Å². The molecule has 0 N–H and O–H groups in total. The van der Waals surface area contributed by atoms with Crippen molar-refractivity contribution in [2.75, 3.05) is 39.9 Å². The summed E-state index contributed by atoms with van der Waals surface area (Å²) in [7, 11) is 1.70. The number of piperidine rings is 1. The molecule has 3 heterocycles. The van der Waals surface area contributed by atoms with Crippen LogP contribution in [0.25, 0.3) is 0 Å². The van der Waals surface area contributed by atoms with E-state index in [0.29, 0.717) is 6.61 Å². The minimum atomic E-state index is 0.0357. The fraction of sp³-hybridized carbons (Fsp3) is 0.706. The molecule has 3 rings (SSSR count). The molecule has 0 bridgehead atoms. The normalized spacial score (nSPS) is 25.3. The minimum Gasteiger partial charge on any atom is -0.472 e. The quantitative estimate of drug-likeness (QED) is 0.834. The van der Waals surface area contributed by atoms with Gasteiger partial charge in [0.05, 0.1) is 25.1 Å². The summed E-state index contributed by atoms with van der Waals surface area (Å²) in [6, 6.07) is 2.02. The molecule has 5 nitrogen and oxygen atoms in total. The van der Waals surface area contributed by atoms with Gasteiger partial charge in [-0.25, -0.2) is 0 Å². The van der Waals surface area contributed by atoms with Crippen LogP contribution in [0.5, 0.6) is 0 Å². The summed E-state index contributed by atoms with van der Waals surface area (Å²) >= 11 is 0. The molecular formula is C17H26N2O3. The molecule has 1 amide bonds. The second-order valence-corrected chi connectivity index (χ2v) is 6.63. The third-order valence-corrected chi connectivity index (χ3v) is 5.41. The van der Waals surface area contributed by atoms with Crippen molar-refractivity contribution in [3.05, 3.63) is 24.2 Å². The third-order valence-electron chi connectivity index (χ3n) is 5.41. The average Bonchev–Trinajstić information content (AvgIpc) is 3.12. The van der Waals surface area contributed by atoms with Crippen LogP contribution in [0, 0.1) is 11.3 Å². The molecular weight excluding hydrogens is 280 g/mol. The van der Waals surface area contributed by atoms with Crippen LogP contribution >= 0.6 is 0 Å². The number of methoxy groups -OCH3 is 1. The van der Waals surface area contributed by atoms with E-state index < -0.39 is 0 Å². The van der Waals surface area contributed by atoms with Gasteiger partial charge in [0.1, 0.15) is 0 Å². The highest BCUT2D eigenvalue weighted by Gasteiger charge is 2.52. The predicted molar refractivity (Wildman–Crippen MR) is 83.3 cm³/mol. The van der Waals surface area contributed by atoms with Gasteiger partial charge < -0.3 is 14.1 Å². The van der Waals surface area contributed by atoms with E-state index in [1.165, 1.54) is 5.56 Å². The number of amides is 1. The molecule has 0 aliphatic carbocycles. The van der Waals surface area contributed by atoms with E-state index in [1.54, 1.807) is 13.4 Å². The summed E-state index contributed by atoms with van der Waals surface area (Å²) in [5.41, 5.74) is 1.33. The first-order valence-corrected chi connectivity index (χ1v) is 8.19. The zero-order valence-corrected chi connectivity index (χ0v) is 13.6. The van der Waals surface area contributed by atoms with Gasteiger partial charge in [-0.2, -0.15) is 0 Å². The molecule has 122 valence electrons. The monoisotopic (exact) mass is 306 g/mol. The SMILES string of the molecule is CCN1CC2(CCN(Cc3ccoc3)CC2)[C@H](COC)C1=O. The average molecular weight is 306 g/mol. The lowest BCUT2D eigenvalue weighted by Gasteiger charge is -2.41. The van der Waals surface area contributed by atoms with Crippen LogP contribution in [0.2, 0.25) is 0 Å². The Labute approximate surface area is 132 Å². The van der Waals surface area contributed by atoms with E-state index in [2.05, 4.69) is 11.8 Å². The van der Waals surface area contributed by atoms with Crippen molar-refractivity contribution in [1.82, 2.24) is 9.80 Å². The van der Waals surface area contributed by atoms with Gasteiger partial charge in [0.15, 0.2) is 0 Å². The Morgan fingerprint density at radius 3 is 2.77 bits per heavy atom. The van der Waals surface area contributed by atoms with Gasteiger partial charge in [-0.05, 0) is 38.9 Å². The maximum atomic E-state index is 12.6. The van der Waals surface area contributed by atoms with E-state index >= 15 is 0 Å². The lowest BCUT2D eigenvalue weighted by atomic mass is 9.71. The molecule has 2 aliphatic heterocycles. The van der Waals surface area contributed by atoms with Crippen LogP contribution in [-0.4, -0.2) is 55.6 Å². The summed E-state index contributed by atoms with van der Waals surface area (Å²) in [6.07, 6.45) is 5.68. The maximum Gasteiger partial charge on any atom is 0.228 e. The summed E-state index contributed by atoms with van der Waals surface area (Å²) in [4.78, 5) is 17.0. The molecule has 1 aromatic heterocycles.